The molecule has 0 radical (unpaired) electrons. The zero-order valence-electron chi connectivity index (χ0n) is 17.4. The smallest absolute Gasteiger partial charge is 0.209 e. The van der Waals surface area contributed by atoms with Gasteiger partial charge in [0, 0.05) is 39.5 Å². The molecule has 0 bridgehead atoms. The van der Waals surface area contributed by atoms with Gasteiger partial charge in [-0.3, -0.25) is 4.79 Å². The standard InChI is InChI=1S/C23H18ClF2N3O4S/c24-14-3-1-12(2-4-14)13-9-16-17(11-29-23(16)28-10-13)22(31)20-18(25)6-5-15(21(20)26)19(30)7-8-34(27,32)33/h1-6,9-11,19,30H,7-8H2,(H,28,29)(H2,27,32,33). The van der Waals surface area contributed by atoms with Crippen molar-refractivity contribution in [1.29, 1.82) is 0 Å². The highest BCUT2D eigenvalue weighted by atomic mass is 35.5. The quantitative estimate of drug-likeness (QED) is 0.326. The normalized spacial score (nSPS) is 12.7. The maximum absolute atomic E-state index is 15.2. The molecule has 34 heavy (non-hydrogen) atoms. The van der Waals surface area contributed by atoms with E-state index in [0.29, 0.717) is 21.6 Å². The first-order chi connectivity index (χ1) is 16.0. The van der Waals surface area contributed by atoms with Crippen molar-refractivity contribution in [3.63, 3.8) is 0 Å². The molecule has 11 heteroatoms. The highest BCUT2D eigenvalue weighted by Crippen LogP contribution is 2.30. The van der Waals surface area contributed by atoms with Crippen molar-refractivity contribution in [1.82, 2.24) is 9.97 Å². The second kappa shape index (κ2) is 9.22. The molecule has 0 aliphatic rings. The van der Waals surface area contributed by atoms with E-state index >= 15 is 4.39 Å². The number of hydrogen-bond acceptors (Lipinski definition) is 5. The number of ketones is 1. The van der Waals surface area contributed by atoms with E-state index in [9.17, 15) is 22.7 Å². The van der Waals surface area contributed by atoms with Crippen molar-refractivity contribution in [2.75, 3.05) is 5.75 Å². The number of nitrogens with one attached hydrogen (secondary N) is 1. The van der Waals surface area contributed by atoms with Crippen molar-refractivity contribution in [2.45, 2.75) is 12.5 Å². The molecule has 2 aromatic carbocycles. The number of H-pyrrole nitrogens is 1. The number of pyridine rings is 1. The predicted molar refractivity (Wildman–Crippen MR) is 124 cm³/mol. The number of rotatable bonds is 7. The fourth-order valence-corrected chi connectivity index (χ4v) is 4.27. The summed E-state index contributed by atoms with van der Waals surface area (Å²) in [6, 6.07) is 10.4. The monoisotopic (exact) mass is 505 g/mol. The molecule has 4 rings (SSSR count). The van der Waals surface area contributed by atoms with E-state index in [4.69, 9.17) is 16.7 Å². The van der Waals surface area contributed by atoms with E-state index in [1.807, 2.05) is 0 Å². The number of benzene rings is 2. The van der Waals surface area contributed by atoms with E-state index in [-0.39, 0.29) is 5.56 Å². The minimum absolute atomic E-state index is 0.0210. The zero-order chi connectivity index (χ0) is 24.6. The molecule has 1 unspecified atom stereocenters. The van der Waals surface area contributed by atoms with Crippen LogP contribution in [0.2, 0.25) is 5.02 Å². The van der Waals surface area contributed by atoms with Gasteiger partial charge in [0.1, 0.15) is 17.3 Å². The summed E-state index contributed by atoms with van der Waals surface area (Å²) in [5.41, 5.74) is 0.471. The lowest BCUT2D eigenvalue weighted by Crippen LogP contribution is -2.19. The van der Waals surface area contributed by atoms with Crippen molar-refractivity contribution in [3.8, 4) is 11.1 Å². The van der Waals surface area contributed by atoms with E-state index in [0.717, 1.165) is 17.7 Å². The van der Waals surface area contributed by atoms with Gasteiger partial charge in [-0.1, -0.05) is 29.8 Å². The van der Waals surface area contributed by atoms with Crippen LogP contribution in [0.25, 0.3) is 22.2 Å². The second-order valence-electron chi connectivity index (χ2n) is 7.66. The third-order valence-electron chi connectivity index (χ3n) is 5.34. The van der Waals surface area contributed by atoms with E-state index in [1.165, 1.54) is 6.20 Å². The molecule has 0 fully saturated rings. The molecule has 0 aliphatic carbocycles. The summed E-state index contributed by atoms with van der Waals surface area (Å²) in [5.74, 6) is -3.98. The second-order valence-corrected chi connectivity index (χ2v) is 9.83. The Labute approximate surface area is 198 Å². The Morgan fingerprint density at radius 3 is 2.53 bits per heavy atom. The molecule has 0 saturated carbocycles. The van der Waals surface area contributed by atoms with Crippen LogP contribution in [0, 0.1) is 11.6 Å². The molecule has 2 heterocycles. The summed E-state index contributed by atoms with van der Waals surface area (Å²) in [5, 5.41) is 16.0. The van der Waals surface area contributed by atoms with Crippen LogP contribution in [-0.2, 0) is 10.0 Å². The SMILES string of the molecule is NS(=O)(=O)CCC(O)c1ccc(F)c(C(=O)c2c[nH]c3ncc(-c4ccc(Cl)cc4)cc23)c1F. The van der Waals surface area contributed by atoms with E-state index < -0.39 is 56.8 Å². The third kappa shape index (κ3) is 4.85. The molecule has 0 aliphatic heterocycles. The fraction of sp³-hybridized carbons (Fsp3) is 0.130. The minimum atomic E-state index is -3.91. The van der Waals surface area contributed by atoms with Gasteiger partial charge >= 0.3 is 0 Å². The first-order valence-electron chi connectivity index (χ1n) is 9.99. The van der Waals surface area contributed by atoms with Gasteiger partial charge < -0.3 is 10.1 Å². The number of aliphatic hydroxyl groups is 1. The molecule has 4 aromatic rings. The average Bonchev–Trinajstić information content (AvgIpc) is 3.21. The molecule has 0 spiro atoms. The molecule has 176 valence electrons. The Bertz CT molecular complexity index is 1500. The van der Waals surface area contributed by atoms with Gasteiger partial charge in [-0.05, 0) is 36.2 Å². The number of primary sulfonamides is 1. The number of aromatic nitrogens is 2. The maximum atomic E-state index is 15.2. The predicted octanol–water partition coefficient (Wildman–Crippen LogP) is 4.10. The topological polar surface area (TPSA) is 126 Å². The maximum Gasteiger partial charge on any atom is 0.209 e. The number of carbonyl (C=O) groups excluding carboxylic acids is 1. The number of aliphatic hydroxyl groups excluding tert-OH is 1. The average molecular weight is 506 g/mol. The van der Waals surface area contributed by atoms with E-state index in [2.05, 4.69) is 9.97 Å². The molecule has 1 atom stereocenters. The Morgan fingerprint density at radius 1 is 1.15 bits per heavy atom. The fourth-order valence-electron chi connectivity index (χ4n) is 3.59. The van der Waals surface area contributed by atoms with Crippen molar-refractivity contribution >= 4 is 38.4 Å². The lowest BCUT2D eigenvalue weighted by Gasteiger charge is -2.14. The number of nitrogens with two attached hydrogens (primary N) is 1. The molecular formula is C23H18ClF2N3O4S. The number of sulfonamides is 1. The number of fused-ring (bicyclic) bond motifs is 1. The van der Waals surface area contributed by atoms with Crippen molar-refractivity contribution in [2.24, 2.45) is 5.14 Å². The van der Waals surface area contributed by atoms with Gasteiger partial charge in [0.05, 0.1) is 17.4 Å². The zero-order valence-corrected chi connectivity index (χ0v) is 19.0. The van der Waals surface area contributed by atoms with Crippen LogP contribution in [0.3, 0.4) is 0 Å². The van der Waals surface area contributed by atoms with Crippen LogP contribution in [-0.4, -0.2) is 35.0 Å². The number of halogens is 3. The Morgan fingerprint density at radius 2 is 1.85 bits per heavy atom. The third-order valence-corrected chi connectivity index (χ3v) is 6.39. The molecular weight excluding hydrogens is 488 g/mol. The number of aromatic amines is 1. The van der Waals surface area contributed by atoms with Gasteiger partial charge in [-0.15, -0.1) is 0 Å². The lowest BCUT2D eigenvalue weighted by molar-refractivity contribution is 0.103. The van der Waals surface area contributed by atoms with Gasteiger partial charge in [-0.25, -0.2) is 27.3 Å². The summed E-state index contributed by atoms with van der Waals surface area (Å²) >= 11 is 5.93. The summed E-state index contributed by atoms with van der Waals surface area (Å²) in [7, 11) is -3.91. The minimum Gasteiger partial charge on any atom is -0.388 e. The Hall–Kier alpha value is -3.18. The number of nitrogens with zero attached hydrogens (tertiary/aromatic N) is 1. The summed E-state index contributed by atoms with van der Waals surface area (Å²) in [4.78, 5) is 20.3. The summed E-state index contributed by atoms with van der Waals surface area (Å²) in [6.45, 7) is 0. The molecule has 7 nitrogen and oxygen atoms in total. The summed E-state index contributed by atoms with van der Waals surface area (Å²) < 4.78 is 52.1. The highest BCUT2D eigenvalue weighted by molar-refractivity contribution is 7.89. The first-order valence-corrected chi connectivity index (χ1v) is 12.1. The first kappa shape index (κ1) is 24.0. The Kier molecular flexibility index (Phi) is 6.50. The number of hydrogen-bond donors (Lipinski definition) is 3. The van der Waals surface area contributed by atoms with Gasteiger partial charge in [0.15, 0.2) is 0 Å². The van der Waals surface area contributed by atoms with Crippen LogP contribution in [0.1, 0.15) is 34.0 Å². The van der Waals surface area contributed by atoms with Gasteiger partial charge in [-0.2, -0.15) is 0 Å². The largest absolute Gasteiger partial charge is 0.388 e. The molecule has 4 N–H and O–H groups in total. The number of carbonyl (C=O) groups is 1. The van der Waals surface area contributed by atoms with Crippen LogP contribution in [0.5, 0.6) is 0 Å². The molecule has 0 saturated heterocycles. The summed E-state index contributed by atoms with van der Waals surface area (Å²) in [6.07, 6.45) is 0.858. The van der Waals surface area contributed by atoms with Crippen LogP contribution in [0.4, 0.5) is 8.78 Å². The van der Waals surface area contributed by atoms with Crippen LogP contribution < -0.4 is 5.14 Å². The van der Waals surface area contributed by atoms with Gasteiger partial charge in [0.2, 0.25) is 15.8 Å². The lowest BCUT2D eigenvalue weighted by atomic mass is 9.96. The Balaban J connectivity index is 1.74. The highest BCUT2D eigenvalue weighted by Gasteiger charge is 2.27. The van der Waals surface area contributed by atoms with E-state index in [1.54, 1.807) is 36.5 Å². The van der Waals surface area contributed by atoms with Crippen molar-refractivity contribution < 1.29 is 27.1 Å². The van der Waals surface area contributed by atoms with Crippen molar-refractivity contribution in [3.05, 3.63) is 88.2 Å². The molecule has 2 aromatic heterocycles. The molecule has 0 amide bonds. The van der Waals surface area contributed by atoms with Gasteiger partial charge in [0.25, 0.3) is 0 Å². The van der Waals surface area contributed by atoms with Crippen LogP contribution in [0.15, 0.2) is 54.9 Å². The van der Waals surface area contributed by atoms with Crippen LogP contribution >= 0.6 is 11.6 Å².